The second-order valence-electron chi connectivity index (χ2n) is 4.49. The Balaban J connectivity index is 2.44. The summed E-state index contributed by atoms with van der Waals surface area (Å²) >= 11 is 0. The molecule has 0 heterocycles. The van der Waals surface area contributed by atoms with Crippen LogP contribution in [0, 0.1) is 20.8 Å². The lowest BCUT2D eigenvalue weighted by Crippen LogP contribution is -1.94. The molecule has 0 bridgehead atoms. The van der Waals surface area contributed by atoms with Crippen LogP contribution < -0.4 is 0 Å². The quantitative estimate of drug-likeness (QED) is 0.787. The van der Waals surface area contributed by atoms with Gasteiger partial charge in [0.15, 0.2) is 0 Å². The van der Waals surface area contributed by atoms with Gasteiger partial charge in [-0.3, -0.25) is 4.99 Å². The summed E-state index contributed by atoms with van der Waals surface area (Å²) in [5, 5.41) is 10.1. The number of phenols is 1. The molecule has 0 radical (unpaired) electrons. The third-order valence-electron chi connectivity index (χ3n) is 3.16. The molecule has 0 unspecified atom stereocenters. The summed E-state index contributed by atoms with van der Waals surface area (Å²) < 4.78 is 0. The average Bonchev–Trinajstić information content (AvgIpc) is 2.38. The number of para-hydroxylation sites is 1. The zero-order chi connectivity index (χ0) is 13.1. The molecule has 0 saturated carbocycles. The molecular weight excluding hydrogens is 222 g/mol. The minimum absolute atomic E-state index is 0.317. The molecule has 0 aliphatic carbocycles. The Hall–Kier alpha value is -2.09. The standard InChI is InChI=1S/C16H17NO/c1-11-9-12(2)16(18)15(13(11)3)10-17-14-7-5-4-6-8-14/h4-10,18H,1-3H3. The van der Waals surface area contributed by atoms with Crippen molar-refractivity contribution in [2.75, 3.05) is 0 Å². The van der Waals surface area contributed by atoms with Gasteiger partial charge in [0.25, 0.3) is 0 Å². The maximum Gasteiger partial charge on any atom is 0.127 e. The lowest BCUT2D eigenvalue weighted by atomic mass is 9.99. The molecule has 0 aliphatic rings. The second kappa shape index (κ2) is 5.05. The Labute approximate surface area is 108 Å². The van der Waals surface area contributed by atoms with Gasteiger partial charge in [-0.25, -0.2) is 0 Å². The number of aliphatic imine (C=N–C) groups is 1. The molecule has 0 aliphatic heterocycles. The number of aromatic hydroxyl groups is 1. The summed E-state index contributed by atoms with van der Waals surface area (Å²) in [5.41, 5.74) is 4.80. The van der Waals surface area contributed by atoms with Crippen LogP contribution in [0.1, 0.15) is 22.3 Å². The largest absolute Gasteiger partial charge is 0.507 e. The highest BCUT2D eigenvalue weighted by atomic mass is 16.3. The highest BCUT2D eigenvalue weighted by molar-refractivity contribution is 5.88. The predicted molar refractivity (Wildman–Crippen MR) is 76.0 cm³/mol. The monoisotopic (exact) mass is 239 g/mol. The van der Waals surface area contributed by atoms with Crippen molar-refractivity contribution in [2.45, 2.75) is 20.8 Å². The normalized spacial score (nSPS) is 11.1. The molecule has 2 nitrogen and oxygen atoms in total. The maximum atomic E-state index is 10.1. The number of aryl methyl sites for hydroxylation is 2. The smallest absolute Gasteiger partial charge is 0.127 e. The summed E-state index contributed by atoms with van der Waals surface area (Å²) in [6.07, 6.45) is 1.74. The minimum atomic E-state index is 0.317. The SMILES string of the molecule is Cc1cc(C)c(O)c(C=Nc2ccccc2)c1C. The van der Waals surface area contributed by atoms with Crippen LogP contribution in [0.2, 0.25) is 0 Å². The van der Waals surface area contributed by atoms with Crippen LogP contribution >= 0.6 is 0 Å². The van der Waals surface area contributed by atoms with Crippen molar-refractivity contribution < 1.29 is 5.11 Å². The van der Waals surface area contributed by atoms with Crippen LogP contribution in [0.15, 0.2) is 41.4 Å². The molecule has 0 amide bonds. The number of rotatable bonds is 2. The van der Waals surface area contributed by atoms with E-state index in [1.165, 1.54) is 5.56 Å². The molecule has 0 fully saturated rings. The fraction of sp³-hybridized carbons (Fsp3) is 0.188. The van der Waals surface area contributed by atoms with E-state index in [2.05, 4.69) is 4.99 Å². The summed E-state index contributed by atoms with van der Waals surface area (Å²) in [6, 6.07) is 11.7. The van der Waals surface area contributed by atoms with E-state index in [9.17, 15) is 5.11 Å². The highest BCUT2D eigenvalue weighted by Gasteiger charge is 2.08. The Morgan fingerprint density at radius 2 is 1.67 bits per heavy atom. The first-order valence-corrected chi connectivity index (χ1v) is 5.98. The maximum absolute atomic E-state index is 10.1. The number of hydrogen-bond acceptors (Lipinski definition) is 2. The lowest BCUT2D eigenvalue weighted by molar-refractivity contribution is 0.469. The van der Waals surface area contributed by atoms with Crippen LogP contribution in [-0.4, -0.2) is 11.3 Å². The number of nitrogens with zero attached hydrogens (tertiary/aromatic N) is 1. The van der Waals surface area contributed by atoms with E-state index >= 15 is 0 Å². The molecule has 0 atom stereocenters. The molecule has 2 heteroatoms. The van der Waals surface area contributed by atoms with Crippen molar-refractivity contribution in [1.29, 1.82) is 0 Å². The van der Waals surface area contributed by atoms with Gasteiger partial charge >= 0.3 is 0 Å². The summed E-state index contributed by atoms with van der Waals surface area (Å²) in [6.45, 7) is 5.95. The van der Waals surface area contributed by atoms with Gasteiger partial charge in [0.1, 0.15) is 5.75 Å². The third kappa shape index (κ3) is 2.43. The number of hydrogen-bond donors (Lipinski definition) is 1. The fourth-order valence-electron chi connectivity index (χ4n) is 1.91. The molecule has 2 aromatic rings. The topological polar surface area (TPSA) is 32.6 Å². The lowest BCUT2D eigenvalue weighted by Gasteiger charge is -2.10. The van der Waals surface area contributed by atoms with Crippen molar-refractivity contribution in [1.82, 2.24) is 0 Å². The van der Waals surface area contributed by atoms with Crippen molar-refractivity contribution in [3.05, 3.63) is 58.7 Å². The average molecular weight is 239 g/mol. The third-order valence-corrected chi connectivity index (χ3v) is 3.16. The zero-order valence-corrected chi connectivity index (χ0v) is 10.9. The van der Waals surface area contributed by atoms with Crippen LogP contribution in [-0.2, 0) is 0 Å². The predicted octanol–water partition coefficient (Wildman–Crippen LogP) is 4.07. The van der Waals surface area contributed by atoms with Crippen LogP contribution in [0.5, 0.6) is 5.75 Å². The Kier molecular flexibility index (Phi) is 3.47. The van der Waals surface area contributed by atoms with Gasteiger partial charge in [-0.1, -0.05) is 24.3 Å². The van der Waals surface area contributed by atoms with Gasteiger partial charge in [-0.2, -0.15) is 0 Å². The van der Waals surface area contributed by atoms with E-state index in [-0.39, 0.29) is 0 Å². The van der Waals surface area contributed by atoms with Crippen molar-refractivity contribution in [2.24, 2.45) is 4.99 Å². The van der Waals surface area contributed by atoms with Crippen molar-refractivity contribution >= 4 is 11.9 Å². The fourth-order valence-corrected chi connectivity index (χ4v) is 1.91. The van der Waals surface area contributed by atoms with Gasteiger partial charge < -0.3 is 5.11 Å². The molecule has 18 heavy (non-hydrogen) atoms. The molecule has 0 spiro atoms. The second-order valence-corrected chi connectivity index (χ2v) is 4.49. The molecule has 0 aromatic heterocycles. The molecule has 92 valence electrons. The summed E-state index contributed by atoms with van der Waals surface area (Å²) in [7, 11) is 0. The Morgan fingerprint density at radius 1 is 1.00 bits per heavy atom. The summed E-state index contributed by atoms with van der Waals surface area (Å²) in [4.78, 5) is 4.40. The summed E-state index contributed by atoms with van der Waals surface area (Å²) in [5.74, 6) is 0.317. The minimum Gasteiger partial charge on any atom is -0.507 e. The highest BCUT2D eigenvalue weighted by Crippen LogP contribution is 2.27. The van der Waals surface area contributed by atoms with E-state index in [1.807, 2.05) is 57.2 Å². The first-order valence-electron chi connectivity index (χ1n) is 5.98. The Bertz CT molecular complexity index is 560. The van der Waals surface area contributed by atoms with Crippen LogP contribution in [0.4, 0.5) is 5.69 Å². The van der Waals surface area contributed by atoms with E-state index in [4.69, 9.17) is 0 Å². The van der Waals surface area contributed by atoms with Gasteiger partial charge in [0, 0.05) is 11.8 Å². The number of benzene rings is 2. The van der Waals surface area contributed by atoms with E-state index in [1.54, 1.807) is 6.21 Å². The first kappa shape index (κ1) is 12.4. The molecule has 2 rings (SSSR count). The van der Waals surface area contributed by atoms with E-state index in [0.29, 0.717) is 5.75 Å². The van der Waals surface area contributed by atoms with E-state index < -0.39 is 0 Å². The van der Waals surface area contributed by atoms with Gasteiger partial charge in [0.2, 0.25) is 0 Å². The van der Waals surface area contributed by atoms with Gasteiger partial charge in [-0.05, 0) is 49.6 Å². The molecular formula is C16H17NO. The molecule has 2 aromatic carbocycles. The van der Waals surface area contributed by atoms with Crippen molar-refractivity contribution in [3.63, 3.8) is 0 Å². The molecule has 1 N–H and O–H groups in total. The van der Waals surface area contributed by atoms with Crippen LogP contribution in [0.3, 0.4) is 0 Å². The van der Waals surface area contributed by atoms with E-state index in [0.717, 1.165) is 22.4 Å². The van der Waals surface area contributed by atoms with Gasteiger partial charge in [-0.15, -0.1) is 0 Å². The van der Waals surface area contributed by atoms with Crippen molar-refractivity contribution in [3.8, 4) is 5.75 Å². The van der Waals surface area contributed by atoms with Crippen LogP contribution in [0.25, 0.3) is 0 Å². The zero-order valence-electron chi connectivity index (χ0n) is 10.9. The number of phenolic OH excluding ortho intramolecular Hbond substituents is 1. The molecule has 0 saturated heterocycles. The van der Waals surface area contributed by atoms with Gasteiger partial charge in [0.05, 0.1) is 5.69 Å². The Morgan fingerprint density at radius 3 is 2.33 bits per heavy atom. The first-order chi connectivity index (χ1) is 8.59.